The smallest absolute Gasteiger partial charge is 0.160 e. The second-order valence-electron chi connectivity index (χ2n) is 11.7. The van der Waals surface area contributed by atoms with Crippen LogP contribution in [0.3, 0.4) is 0 Å². The van der Waals surface area contributed by atoms with Crippen LogP contribution in [0, 0.1) is 0 Å². The van der Waals surface area contributed by atoms with Crippen LogP contribution < -0.4 is 10.0 Å². The van der Waals surface area contributed by atoms with Gasteiger partial charge in [0.15, 0.2) is 5.78 Å². The zero-order chi connectivity index (χ0) is 25.7. The Morgan fingerprint density at radius 1 is 0.912 bits per heavy atom. The normalized spacial score (nSPS) is 14.4. The summed E-state index contributed by atoms with van der Waals surface area (Å²) in [4.78, 5) is 12.5. The molecule has 0 bridgehead atoms. The highest BCUT2D eigenvalue weighted by molar-refractivity contribution is 7.48. The fourth-order valence-corrected chi connectivity index (χ4v) is 6.64. The van der Waals surface area contributed by atoms with Crippen LogP contribution in [-0.4, -0.2) is 12.9 Å². The lowest BCUT2D eigenvalue weighted by atomic mass is 9.76. The van der Waals surface area contributed by atoms with Crippen molar-refractivity contribution in [2.45, 2.75) is 110 Å². The molecule has 3 heteroatoms. The van der Waals surface area contributed by atoms with Crippen molar-refractivity contribution in [3.8, 4) is 5.75 Å². The molecule has 0 aliphatic rings. The highest BCUT2D eigenvalue weighted by Gasteiger charge is 2.37. The lowest BCUT2D eigenvalue weighted by molar-refractivity contribution is 0.101. The Morgan fingerprint density at radius 3 is 2.03 bits per heavy atom. The third kappa shape index (κ3) is 6.51. The molecule has 0 saturated heterocycles. The molecule has 188 valence electrons. The summed E-state index contributed by atoms with van der Waals surface area (Å²) in [5, 5.41) is 1.10. The fraction of sp³-hybridized carbons (Fsp3) is 0.581. The summed E-state index contributed by atoms with van der Waals surface area (Å²) in [6.07, 6.45) is 5.69. The summed E-state index contributed by atoms with van der Waals surface area (Å²) in [5.41, 5.74) is 4.80. The van der Waals surface area contributed by atoms with Crippen LogP contribution in [0.5, 0.6) is 5.75 Å². The van der Waals surface area contributed by atoms with Crippen LogP contribution in [-0.2, 0) is 16.0 Å². The van der Waals surface area contributed by atoms with Gasteiger partial charge in [0.2, 0.25) is 0 Å². The highest BCUT2D eigenvalue weighted by atomic mass is 31.1. The first-order valence-corrected chi connectivity index (χ1v) is 13.9. The summed E-state index contributed by atoms with van der Waals surface area (Å²) >= 11 is 0. The van der Waals surface area contributed by atoms with Crippen molar-refractivity contribution >= 4 is 19.7 Å². The number of carbonyl (C=O) groups is 1. The van der Waals surface area contributed by atoms with Gasteiger partial charge in [-0.05, 0) is 41.5 Å². The van der Waals surface area contributed by atoms with Gasteiger partial charge >= 0.3 is 0 Å². The van der Waals surface area contributed by atoms with Gasteiger partial charge in [0.05, 0.1) is 7.11 Å². The number of rotatable bonds is 10. The maximum Gasteiger partial charge on any atom is 0.160 e. The Labute approximate surface area is 211 Å². The van der Waals surface area contributed by atoms with Gasteiger partial charge in [-0.2, -0.15) is 0 Å². The summed E-state index contributed by atoms with van der Waals surface area (Å²) in [5.74, 6) is 1.18. The molecule has 0 aromatic heterocycles. The first-order chi connectivity index (χ1) is 15.8. The van der Waals surface area contributed by atoms with Crippen LogP contribution >= 0.6 is 8.58 Å². The molecular weight excluding hydrogens is 435 g/mol. The first-order valence-electron chi connectivity index (χ1n) is 12.9. The summed E-state index contributed by atoms with van der Waals surface area (Å²) in [6.45, 7) is 20.0. The van der Waals surface area contributed by atoms with E-state index in [1.807, 2.05) is 19.2 Å². The molecule has 0 N–H and O–H groups in total. The van der Waals surface area contributed by atoms with E-state index in [0.29, 0.717) is 8.58 Å². The van der Waals surface area contributed by atoms with Crippen molar-refractivity contribution in [1.82, 2.24) is 0 Å². The van der Waals surface area contributed by atoms with E-state index in [0.717, 1.165) is 24.2 Å². The van der Waals surface area contributed by atoms with Gasteiger partial charge in [0.25, 0.3) is 0 Å². The van der Waals surface area contributed by atoms with Crippen LogP contribution in [0.2, 0.25) is 0 Å². The lowest BCUT2D eigenvalue weighted by Gasteiger charge is -2.39. The molecule has 2 unspecified atom stereocenters. The molecule has 34 heavy (non-hydrogen) atoms. The molecule has 2 nitrogen and oxygen atoms in total. The third-order valence-electron chi connectivity index (χ3n) is 6.97. The van der Waals surface area contributed by atoms with Crippen LogP contribution in [0.25, 0.3) is 0 Å². The number of ketones is 1. The van der Waals surface area contributed by atoms with Gasteiger partial charge in [-0.3, -0.25) is 4.79 Å². The van der Waals surface area contributed by atoms with E-state index in [9.17, 15) is 4.79 Å². The molecule has 0 radical (unpaired) electrons. The number of Topliss-reactive ketones (excluding diaryl/α,β-unsaturated/α-hetero) is 1. The minimum absolute atomic E-state index is 0.0321. The Morgan fingerprint density at radius 2 is 1.53 bits per heavy atom. The number of carbonyl (C=O) groups excluding carboxylic acids is 1. The Bertz CT molecular complexity index is 978. The quantitative estimate of drug-likeness (QED) is 0.192. The zero-order valence-corrected chi connectivity index (χ0v) is 24.3. The molecular formula is C31H47O2P. The van der Waals surface area contributed by atoms with E-state index in [-0.39, 0.29) is 21.8 Å². The predicted octanol–water partition coefficient (Wildman–Crippen LogP) is 8.68. The Kier molecular flexibility index (Phi) is 9.57. The minimum atomic E-state index is -0.0761. The van der Waals surface area contributed by atoms with Crippen molar-refractivity contribution < 1.29 is 9.53 Å². The van der Waals surface area contributed by atoms with E-state index in [1.54, 1.807) is 6.92 Å². The minimum Gasteiger partial charge on any atom is -0.496 e. The molecule has 0 spiro atoms. The summed E-state index contributed by atoms with van der Waals surface area (Å²) < 4.78 is 6.24. The number of methoxy groups -OCH3 is 1. The van der Waals surface area contributed by atoms with Gasteiger partial charge in [0, 0.05) is 21.8 Å². The van der Waals surface area contributed by atoms with Crippen LogP contribution in [0.15, 0.2) is 36.4 Å². The second kappa shape index (κ2) is 11.4. The molecule has 0 aliphatic carbocycles. The number of unbranched alkanes of at least 4 members (excludes halogenated alkanes) is 2. The van der Waals surface area contributed by atoms with E-state index in [4.69, 9.17) is 4.74 Å². The summed E-state index contributed by atoms with van der Waals surface area (Å²) in [7, 11) is 2.33. The molecule has 0 fully saturated rings. The van der Waals surface area contributed by atoms with Crippen LogP contribution in [0.4, 0.5) is 0 Å². The average Bonchev–Trinajstić information content (AvgIpc) is 2.76. The molecule has 0 amide bonds. The van der Waals surface area contributed by atoms with E-state index in [2.05, 4.69) is 79.7 Å². The maximum atomic E-state index is 12.5. The molecule has 0 heterocycles. The maximum absolute atomic E-state index is 12.5. The molecule has 0 saturated carbocycles. The monoisotopic (exact) mass is 482 g/mol. The van der Waals surface area contributed by atoms with Crippen molar-refractivity contribution in [2.75, 3.05) is 7.11 Å². The lowest BCUT2D eigenvalue weighted by Crippen LogP contribution is -2.28. The van der Waals surface area contributed by atoms with Crippen molar-refractivity contribution in [3.05, 3.63) is 58.7 Å². The highest BCUT2D eigenvalue weighted by Crippen LogP contribution is 2.54. The molecule has 2 rings (SSSR count). The van der Waals surface area contributed by atoms with Gasteiger partial charge in [-0.1, -0.05) is 120 Å². The number of hydrogen-bond acceptors (Lipinski definition) is 2. The average molecular weight is 483 g/mol. The number of benzene rings is 2. The SMILES string of the molecule is CCCCCC(CC)(Pc1ccccc1C(C)=O)c1cc(C(C)(C)C)cc(C(C)(C)C)c1OC. The van der Waals surface area contributed by atoms with Gasteiger partial charge in [-0.15, -0.1) is 0 Å². The van der Waals surface area contributed by atoms with E-state index < -0.39 is 0 Å². The zero-order valence-electron chi connectivity index (χ0n) is 23.3. The Hall–Kier alpha value is -1.66. The van der Waals surface area contributed by atoms with E-state index in [1.165, 1.54) is 41.3 Å². The van der Waals surface area contributed by atoms with Gasteiger partial charge in [-0.25, -0.2) is 0 Å². The molecule has 2 aromatic rings. The van der Waals surface area contributed by atoms with Gasteiger partial charge in [0.1, 0.15) is 5.75 Å². The van der Waals surface area contributed by atoms with Crippen molar-refractivity contribution in [1.29, 1.82) is 0 Å². The van der Waals surface area contributed by atoms with Crippen molar-refractivity contribution in [2.24, 2.45) is 0 Å². The summed E-state index contributed by atoms with van der Waals surface area (Å²) in [6, 6.07) is 13.0. The topological polar surface area (TPSA) is 26.3 Å². The van der Waals surface area contributed by atoms with E-state index >= 15 is 0 Å². The molecule has 2 atom stereocenters. The third-order valence-corrected chi connectivity index (χ3v) is 9.03. The number of hydrogen-bond donors (Lipinski definition) is 0. The molecule has 2 aromatic carbocycles. The predicted molar refractivity (Wildman–Crippen MR) is 151 cm³/mol. The first kappa shape index (κ1) is 28.6. The standard InChI is InChI=1S/C31H47O2P/c1-11-13-16-19-31(12-2,34-27-18-15-14-17-24(27)22(3)32)26-21-23(29(4,5)6)20-25(28(26)33-10)30(7,8)9/h14-15,17-18,20-21,34H,11-13,16,19H2,1-10H3. The van der Waals surface area contributed by atoms with Crippen LogP contribution in [0.1, 0.15) is 121 Å². The second-order valence-corrected chi connectivity index (χ2v) is 13.5. The fourth-order valence-electron chi connectivity index (χ4n) is 4.75. The van der Waals surface area contributed by atoms with Crippen molar-refractivity contribution in [3.63, 3.8) is 0 Å². The van der Waals surface area contributed by atoms with Gasteiger partial charge < -0.3 is 4.74 Å². The molecule has 0 aliphatic heterocycles. The Balaban J connectivity index is 2.89. The largest absolute Gasteiger partial charge is 0.496 e. The number of ether oxygens (including phenoxy) is 1.